The Kier molecular flexibility index (Phi) is 4.14. The topological polar surface area (TPSA) is 86.0 Å². The SMILES string of the molecule is CN(C(=O)Cc1cc(=O)[nH][nH]c1=O)C1CCCc2ccccc21. The largest absolute Gasteiger partial charge is 0.338 e. The third-order valence-electron chi connectivity index (χ3n) is 4.44. The Bertz CT molecular complexity index is 837. The molecule has 1 aromatic heterocycles. The van der Waals surface area contributed by atoms with Crippen LogP contribution in [0.5, 0.6) is 0 Å². The minimum atomic E-state index is -0.435. The zero-order valence-electron chi connectivity index (χ0n) is 13.0. The van der Waals surface area contributed by atoms with Crippen LogP contribution in [-0.4, -0.2) is 28.1 Å². The van der Waals surface area contributed by atoms with Gasteiger partial charge in [-0.25, -0.2) is 0 Å². The average molecular weight is 313 g/mol. The summed E-state index contributed by atoms with van der Waals surface area (Å²) in [4.78, 5) is 37.3. The molecule has 0 fully saturated rings. The number of benzene rings is 1. The lowest BCUT2D eigenvalue weighted by Crippen LogP contribution is -2.36. The van der Waals surface area contributed by atoms with Crippen molar-refractivity contribution >= 4 is 5.91 Å². The summed E-state index contributed by atoms with van der Waals surface area (Å²) >= 11 is 0. The van der Waals surface area contributed by atoms with Crippen molar-refractivity contribution in [1.82, 2.24) is 15.1 Å². The summed E-state index contributed by atoms with van der Waals surface area (Å²) in [6.45, 7) is 0. The molecule has 2 N–H and O–H groups in total. The highest BCUT2D eigenvalue weighted by molar-refractivity contribution is 5.79. The van der Waals surface area contributed by atoms with Crippen molar-refractivity contribution in [3.63, 3.8) is 0 Å². The van der Waals surface area contributed by atoms with Crippen LogP contribution in [0, 0.1) is 0 Å². The minimum absolute atomic E-state index is 0.0218. The van der Waals surface area contributed by atoms with Crippen molar-refractivity contribution in [2.75, 3.05) is 7.05 Å². The third kappa shape index (κ3) is 3.11. The van der Waals surface area contributed by atoms with Gasteiger partial charge in [-0.2, -0.15) is 0 Å². The molecule has 0 aliphatic heterocycles. The van der Waals surface area contributed by atoms with Gasteiger partial charge in [-0.15, -0.1) is 0 Å². The number of amides is 1. The van der Waals surface area contributed by atoms with Gasteiger partial charge < -0.3 is 4.90 Å². The van der Waals surface area contributed by atoms with Crippen molar-refractivity contribution in [3.05, 3.63) is 67.7 Å². The molecule has 1 aliphatic carbocycles. The molecule has 1 heterocycles. The number of carbonyl (C=O) groups is 1. The first-order chi connectivity index (χ1) is 11.1. The van der Waals surface area contributed by atoms with Gasteiger partial charge in [0.05, 0.1) is 12.5 Å². The van der Waals surface area contributed by atoms with E-state index in [2.05, 4.69) is 22.3 Å². The maximum atomic E-state index is 12.5. The number of rotatable bonds is 3. The fourth-order valence-electron chi connectivity index (χ4n) is 3.18. The van der Waals surface area contributed by atoms with Crippen molar-refractivity contribution in [2.24, 2.45) is 0 Å². The number of aromatic nitrogens is 2. The number of nitrogens with one attached hydrogen (secondary N) is 2. The summed E-state index contributed by atoms with van der Waals surface area (Å²) in [5.41, 5.74) is 1.79. The highest BCUT2D eigenvalue weighted by Gasteiger charge is 2.26. The molecule has 2 aromatic rings. The van der Waals surface area contributed by atoms with Gasteiger partial charge in [0, 0.05) is 18.7 Å². The zero-order chi connectivity index (χ0) is 16.4. The van der Waals surface area contributed by atoms with E-state index >= 15 is 0 Å². The summed E-state index contributed by atoms with van der Waals surface area (Å²) in [7, 11) is 1.76. The van der Waals surface area contributed by atoms with E-state index in [0.717, 1.165) is 19.3 Å². The number of H-pyrrole nitrogens is 2. The van der Waals surface area contributed by atoms with Gasteiger partial charge in [-0.1, -0.05) is 24.3 Å². The molecule has 0 radical (unpaired) electrons. The van der Waals surface area contributed by atoms with E-state index in [-0.39, 0.29) is 23.9 Å². The Hall–Kier alpha value is -2.63. The Morgan fingerprint density at radius 3 is 2.87 bits per heavy atom. The molecule has 1 unspecified atom stereocenters. The highest BCUT2D eigenvalue weighted by atomic mass is 16.2. The van der Waals surface area contributed by atoms with Gasteiger partial charge in [-0.3, -0.25) is 24.6 Å². The van der Waals surface area contributed by atoms with E-state index < -0.39 is 11.1 Å². The van der Waals surface area contributed by atoms with Crippen molar-refractivity contribution in [1.29, 1.82) is 0 Å². The Morgan fingerprint density at radius 2 is 2.04 bits per heavy atom. The number of aryl methyl sites for hydroxylation is 1. The molecule has 3 rings (SSSR count). The predicted octanol–water partition coefficient (Wildman–Crippen LogP) is 1.14. The maximum absolute atomic E-state index is 12.5. The van der Waals surface area contributed by atoms with E-state index in [1.54, 1.807) is 11.9 Å². The molecule has 0 spiro atoms. The van der Waals surface area contributed by atoms with E-state index in [1.165, 1.54) is 17.2 Å². The average Bonchev–Trinajstić information content (AvgIpc) is 2.57. The molecule has 1 aliphatic rings. The first-order valence-electron chi connectivity index (χ1n) is 7.70. The molecule has 23 heavy (non-hydrogen) atoms. The molecule has 6 nitrogen and oxygen atoms in total. The number of likely N-dealkylation sites (N-methyl/N-ethyl adjacent to an activating group) is 1. The fourth-order valence-corrected chi connectivity index (χ4v) is 3.18. The molecule has 0 saturated carbocycles. The molecule has 6 heteroatoms. The normalized spacial score (nSPS) is 16.7. The van der Waals surface area contributed by atoms with Crippen molar-refractivity contribution in [3.8, 4) is 0 Å². The van der Waals surface area contributed by atoms with Gasteiger partial charge in [0.15, 0.2) is 0 Å². The van der Waals surface area contributed by atoms with Crippen LogP contribution < -0.4 is 11.1 Å². The Morgan fingerprint density at radius 1 is 1.26 bits per heavy atom. The predicted molar refractivity (Wildman–Crippen MR) is 86.3 cm³/mol. The standard InChI is InChI=1S/C17H19N3O3/c1-20(14-8-4-6-11-5-2-3-7-13(11)14)16(22)10-12-9-15(21)18-19-17(12)23/h2-3,5,7,9,14H,4,6,8,10H2,1H3,(H,18,21)(H,19,23). The molecule has 1 amide bonds. The second-order valence-electron chi connectivity index (χ2n) is 5.90. The van der Waals surface area contributed by atoms with Crippen LogP contribution in [0.2, 0.25) is 0 Å². The number of aromatic amines is 2. The quantitative estimate of drug-likeness (QED) is 0.891. The summed E-state index contributed by atoms with van der Waals surface area (Å²) in [6, 6.07) is 9.35. The second-order valence-corrected chi connectivity index (χ2v) is 5.90. The first-order valence-corrected chi connectivity index (χ1v) is 7.70. The van der Waals surface area contributed by atoms with Crippen LogP contribution in [0.3, 0.4) is 0 Å². The van der Waals surface area contributed by atoms with Crippen LogP contribution in [0.1, 0.15) is 35.6 Å². The summed E-state index contributed by atoms with van der Waals surface area (Å²) in [5, 5.41) is 4.44. The monoisotopic (exact) mass is 313 g/mol. The zero-order valence-corrected chi connectivity index (χ0v) is 13.0. The lowest BCUT2D eigenvalue weighted by atomic mass is 9.87. The lowest BCUT2D eigenvalue weighted by molar-refractivity contribution is -0.131. The van der Waals surface area contributed by atoms with Crippen LogP contribution in [0.25, 0.3) is 0 Å². The fraction of sp³-hybridized carbons (Fsp3) is 0.353. The van der Waals surface area contributed by atoms with Crippen LogP contribution >= 0.6 is 0 Å². The number of hydrogen-bond donors (Lipinski definition) is 2. The van der Waals surface area contributed by atoms with Gasteiger partial charge in [-0.05, 0) is 30.4 Å². The second kappa shape index (κ2) is 6.24. The smallest absolute Gasteiger partial charge is 0.266 e. The summed E-state index contributed by atoms with van der Waals surface area (Å²) in [6.07, 6.45) is 2.90. The molecule has 0 saturated heterocycles. The maximum Gasteiger partial charge on any atom is 0.266 e. The molecule has 1 atom stereocenters. The van der Waals surface area contributed by atoms with Gasteiger partial charge in [0.25, 0.3) is 11.1 Å². The number of hydrogen-bond acceptors (Lipinski definition) is 3. The van der Waals surface area contributed by atoms with Crippen LogP contribution in [0.4, 0.5) is 0 Å². The minimum Gasteiger partial charge on any atom is -0.338 e. The van der Waals surface area contributed by atoms with Crippen LogP contribution in [0.15, 0.2) is 39.9 Å². The molecular weight excluding hydrogens is 294 g/mol. The number of carbonyl (C=O) groups excluding carboxylic acids is 1. The van der Waals surface area contributed by atoms with E-state index in [0.29, 0.717) is 0 Å². The van der Waals surface area contributed by atoms with E-state index in [9.17, 15) is 14.4 Å². The van der Waals surface area contributed by atoms with E-state index in [1.807, 2.05) is 12.1 Å². The Labute approximate surface area is 133 Å². The summed E-state index contributed by atoms with van der Waals surface area (Å²) in [5.74, 6) is -0.164. The molecular formula is C17H19N3O3. The van der Waals surface area contributed by atoms with Gasteiger partial charge >= 0.3 is 0 Å². The molecule has 120 valence electrons. The first kappa shape index (κ1) is 15.3. The summed E-state index contributed by atoms with van der Waals surface area (Å²) < 4.78 is 0. The van der Waals surface area contributed by atoms with E-state index in [4.69, 9.17) is 0 Å². The molecule has 1 aromatic carbocycles. The Balaban J connectivity index is 1.82. The van der Waals surface area contributed by atoms with Gasteiger partial charge in [0.1, 0.15) is 0 Å². The van der Waals surface area contributed by atoms with Crippen LogP contribution in [-0.2, 0) is 17.6 Å². The van der Waals surface area contributed by atoms with Gasteiger partial charge in [0.2, 0.25) is 5.91 Å². The molecule has 0 bridgehead atoms. The lowest BCUT2D eigenvalue weighted by Gasteiger charge is -2.33. The third-order valence-corrected chi connectivity index (χ3v) is 4.44. The van der Waals surface area contributed by atoms with Crippen molar-refractivity contribution < 1.29 is 4.79 Å². The number of fused-ring (bicyclic) bond motifs is 1. The number of nitrogens with zero attached hydrogens (tertiary/aromatic N) is 1. The highest BCUT2D eigenvalue weighted by Crippen LogP contribution is 2.33. The van der Waals surface area contributed by atoms with Crippen molar-refractivity contribution in [2.45, 2.75) is 31.7 Å².